The molecule has 28 heavy (non-hydrogen) atoms. The van der Waals surface area contributed by atoms with Crippen LogP contribution in [0.5, 0.6) is 0 Å². The molecule has 1 aliphatic carbocycles. The fourth-order valence-electron chi connectivity index (χ4n) is 3.92. The van der Waals surface area contributed by atoms with Gasteiger partial charge in [0.1, 0.15) is 5.78 Å². The topological polar surface area (TPSA) is 52.6 Å². The van der Waals surface area contributed by atoms with Crippen LogP contribution in [0.3, 0.4) is 0 Å². The Morgan fingerprint density at radius 2 is 1.79 bits per heavy atom. The Morgan fingerprint density at radius 1 is 1.04 bits per heavy atom. The van der Waals surface area contributed by atoms with E-state index in [0.29, 0.717) is 19.4 Å². The van der Waals surface area contributed by atoms with Gasteiger partial charge >= 0.3 is 0 Å². The summed E-state index contributed by atoms with van der Waals surface area (Å²) >= 11 is 6.12. The number of halogens is 1. The number of carbonyl (C=O) groups excluding carboxylic acids is 2. The molecule has 0 saturated carbocycles. The first-order valence-corrected chi connectivity index (χ1v) is 10.0. The fourth-order valence-corrected chi connectivity index (χ4v) is 4.04. The molecular weight excluding hydrogens is 374 g/mol. The van der Waals surface area contributed by atoms with Crippen molar-refractivity contribution < 1.29 is 9.59 Å². The number of anilines is 2. The summed E-state index contributed by atoms with van der Waals surface area (Å²) in [5.74, 6) is 0.229. The molecule has 146 valence electrons. The highest BCUT2D eigenvalue weighted by molar-refractivity contribution is 6.31. The molecule has 0 atom stereocenters. The highest BCUT2D eigenvalue weighted by Gasteiger charge is 2.21. The Kier molecular flexibility index (Phi) is 5.38. The molecule has 0 radical (unpaired) electrons. The lowest BCUT2D eigenvalue weighted by molar-refractivity contribution is -0.118. The van der Waals surface area contributed by atoms with Crippen LogP contribution < -0.4 is 10.2 Å². The monoisotopic (exact) mass is 397 g/mol. The molecule has 1 saturated heterocycles. The molecule has 0 aromatic heterocycles. The molecule has 5 nitrogen and oxygen atoms in total. The summed E-state index contributed by atoms with van der Waals surface area (Å²) < 4.78 is 0. The van der Waals surface area contributed by atoms with Crippen molar-refractivity contribution in [3.05, 3.63) is 58.1 Å². The molecular formula is C22H24ClN3O2. The van der Waals surface area contributed by atoms with Crippen LogP contribution in [0.2, 0.25) is 5.02 Å². The van der Waals surface area contributed by atoms with Crippen LogP contribution in [0.4, 0.5) is 11.4 Å². The summed E-state index contributed by atoms with van der Waals surface area (Å²) in [7, 11) is 0. The van der Waals surface area contributed by atoms with Crippen LogP contribution in [0.25, 0.3) is 0 Å². The second kappa shape index (κ2) is 7.94. The van der Waals surface area contributed by atoms with Crippen molar-refractivity contribution in [2.45, 2.75) is 19.8 Å². The predicted octanol–water partition coefficient (Wildman–Crippen LogP) is 3.08. The van der Waals surface area contributed by atoms with Gasteiger partial charge in [-0.2, -0.15) is 0 Å². The molecule has 2 aromatic carbocycles. The average molecular weight is 398 g/mol. The van der Waals surface area contributed by atoms with Gasteiger partial charge < -0.3 is 10.2 Å². The number of ketones is 1. The normalized spacial score (nSPS) is 16.9. The zero-order valence-corrected chi connectivity index (χ0v) is 16.8. The number of nitrogens with zero attached hydrogens (tertiary/aromatic N) is 2. The van der Waals surface area contributed by atoms with Crippen LogP contribution >= 0.6 is 11.6 Å². The van der Waals surface area contributed by atoms with E-state index in [4.69, 9.17) is 11.6 Å². The van der Waals surface area contributed by atoms with Crippen LogP contribution in [0, 0.1) is 6.92 Å². The number of Topliss-reactive ketones (excluding diaryl/α,β-unsaturated/α-hetero) is 1. The number of fused-ring (bicyclic) bond motifs is 1. The van der Waals surface area contributed by atoms with E-state index < -0.39 is 0 Å². The summed E-state index contributed by atoms with van der Waals surface area (Å²) in [5, 5.41) is 3.76. The van der Waals surface area contributed by atoms with E-state index in [1.165, 1.54) is 5.69 Å². The van der Waals surface area contributed by atoms with Gasteiger partial charge in [-0.05, 0) is 53.9 Å². The first-order valence-electron chi connectivity index (χ1n) is 9.65. The summed E-state index contributed by atoms with van der Waals surface area (Å²) in [6.07, 6.45) is 0.992. The summed E-state index contributed by atoms with van der Waals surface area (Å²) in [5.41, 5.74) is 5.15. The van der Waals surface area contributed by atoms with Gasteiger partial charge in [-0.25, -0.2) is 0 Å². The molecule has 6 heteroatoms. The smallest absolute Gasteiger partial charge is 0.238 e. The van der Waals surface area contributed by atoms with Crippen molar-refractivity contribution in [3.63, 3.8) is 0 Å². The number of nitrogens with one attached hydrogen (secondary N) is 1. The molecule has 1 amide bonds. The quantitative estimate of drug-likeness (QED) is 0.861. The van der Waals surface area contributed by atoms with E-state index in [1.807, 2.05) is 31.2 Å². The van der Waals surface area contributed by atoms with Gasteiger partial charge in [0.2, 0.25) is 5.91 Å². The number of aryl methyl sites for hydroxylation is 1. The number of piperazine rings is 1. The second-order valence-corrected chi connectivity index (χ2v) is 8.03. The van der Waals surface area contributed by atoms with Gasteiger partial charge in [0.05, 0.1) is 6.54 Å². The van der Waals surface area contributed by atoms with Gasteiger partial charge in [-0.1, -0.05) is 17.7 Å². The lowest BCUT2D eigenvalue weighted by atomic mass is 10.1. The molecule has 4 rings (SSSR count). The van der Waals surface area contributed by atoms with Gasteiger partial charge in [0, 0.05) is 55.4 Å². The molecule has 0 spiro atoms. The third-order valence-corrected chi connectivity index (χ3v) is 5.94. The van der Waals surface area contributed by atoms with Crippen molar-refractivity contribution in [2.75, 3.05) is 42.9 Å². The second-order valence-electron chi connectivity index (χ2n) is 7.62. The molecule has 0 bridgehead atoms. The minimum absolute atomic E-state index is 0.0138. The van der Waals surface area contributed by atoms with Crippen LogP contribution in [-0.2, 0) is 22.4 Å². The third-order valence-electron chi connectivity index (χ3n) is 5.51. The highest BCUT2D eigenvalue weighted by atomic mass is 35.5. The SMILES string of the molecule is Cc1cc(N2CCN(CC(=O)Nc3ccc4c(c3)CC(=O)C4)CC2)ccc1Cl. The first-order chi connectivity index (χ1) is 13.5. The molecule has 1 heterocycles. The minimum atomic E-state index is -0.0138. The number of amides is 1. The van der Waals surface area contributed by atoms with E-state index in [-0.39, 0.29) is 11.7 Å². The molecule has 2 aromatic rings. The molecule has 1 N–H and O–H groups in total. The Balaban J connectivity index is 1.29. The molecule has 1 aliphatic heterocycles. The van der Waals surface area contributed by atoms with Crippen molar-refractivity contribution in [1.82, 2.24) is 4.90 Å². The molecule has 0 unspecified atom stereocenters. The number of hydrogen-bond donors (Lipinski definition) is 1. The van der Waals surface area contributed by atoms with E-state index in [0.717, 1.165) is 53.6 Å². The van der Waals surface area contributed by atoms with Crippen molar-refractivity contribution >= 4 is 34.7 Å². The lowest BCUT2D eigenvalue weighted by Gasteiger charge is -2.36. The summed E-state index contributed by atoms with van der Waals surface area (Å²) in [6.45, 7) is 5.84. The zero-order valence-electron chi connectivity index (χ0n) is 16.0. The van der Waals surface area contributed by atoms with E-state index in [2.05, 4.69) is 27.2 Å². The predicted molar refractivity (Wildman–Crippen MR) is 112 cm³/mol. The maximum absolute atomic E-state index is 12.4. The van der Waals surface area contributed by atoms with Gasteiger partial charge in [-0.3, -0.25) is 14.5 Å². The number of rotatable bonds is 4. The Hall–Kier alpha value is -2.37. The first kappa shape index (κ1) is 19.0. The van der Waals surface area contributed by atoms with E-state index in [1.54, 1.807) is 0 Å². The van der Waals surface area contributed by atoms with Gasteiger partial charge in [0.15, 0.2) is 0 Å². The van der Waals surface area contributed by atoms with Crippen molar-refractivity contribution in [3.8, 4) is 0 Å². The van der Waals surface area contributed by atoms with Crippen LogP contribution in [-0.4, -0.2) is 49.3 Å². The summed E-state index contributed by atoms with van der Waals surface area (Å²) in [4.78, 5) is 28.5. The van der Waals surface area contributed by atoms with E-state index in [9.17, 15) is 9.59 Å². The molecule has 1 fully saturated rings. The molecule has 2 aliphatic rings. The zero-order chi connectivity index (χ0) is 19.7. The van der Waals surface area contributed by atoms with Gasteiger partial charge in [0.25, 0.3) is 0 Å². The number of hydrogen-bond acceptors (Lipinski definition) is 4. The Morgan fingerprint density at radius 3 is 2.54 bits per heavy atom. The van der Waals surface area contributed by atoms with Crippen molar-refractivity contribution in [2.24, 2.45) is 0 Å². The fraction of sp³-hybridized carbons (Fsp3) is 0.364. The minimum Gasteiger partial charge on any atom is -0.369 e. The summed E-state index contributed by atoms with van der Waals surface area (Å²) in [6, 6.07) is 11.9. The number of benzene rings is 2. The third kappa shape index (κ3) is 4.21. The highest BCUT2D eigenvalue weighted by Crippen LogP contribution is 2.24. The number of carbonyl (C=O) groups is 2. The Labute approximate surface area is 170 Å². The lowest BCUT2D eigenvalue weighted by Crippen LogP contribution is -2.48. The van der Waals surface area contributed by atoms with Crippen molar-refractivity contribution in [1.29, 1.82) is 0 Å². The standard InChI is InChI=1S/C22H24ClN3O2/c1-15-10-19(4-5-21(15)23)26-8-6-25(7-9-26)14-22(28)24-18-3-2-16-12-20(27)13-17(16)11-18/h2-5,10-11H,6-9,12-14H2,1H3,(H,24,28). The largest absolute Gasteiger partial charge is 0.369 e. The maximum Gasteiger partial charge on any atom is 0.238 e. The van der Waals surface area contributed by atoms with E-state index >= 15 is 0 Å². The van der Waals surface area contributed by atoms with Gasteiger partial charge in [-0.15, -0.1) is 0 Å². The van der Waals surface area contributed by atoms with Crippen LogP contribution in [0.1, 0.15) is 16.7 Å². The maximum atomic E-state index is 12.4. The Bertz CT molecular complexity index is 920. The average Bonchev–Trinajstić information content (AvgIpc) is 3.04. The van der Waals surface area contributed by atoms with Crippen LogP contribution in [0.15, 0.2) is 36.4 Å².